The molecule has 10 aromatic rings. The first-order valence-corrected chi connectivity index (χ1v) is 18.0. The van der Waals surface area contributed by atoms with Crippen LogP contribution in [0.1, 0.15) is 0 Å². The Morgan fingerprint density at radius 2 is 1.06 bits per heavy atom. The molecule has 0 radical (unpaired) electrons. The van der Waals surface area contributed by atoms with E-state index in [1.54, 1.807) is 6.20 Å². The lowest BCUT2D eigenvalue weighted by Crippen LogP contribution is -2.08. The van der Waals surface area contributed by atoms with Gasteiger partial charge in [0.25, 0.3) is 0 Å². The average Bonchev–Trinajstić information content (AvgIpc) is 3.68. The molecule has 10 rings (SSSR count). The predicted octanol–water partition coefficient (Wildman–Crippen LogP) is 13.1. The van der Waals surface area contributed by atoms with E-state index in [4.69, 9.17) is 9.40 Å². The van der Waals surface area contributed by atoms with Gasteiger partial charge in [0, 0.05) is 53.2 Å². The van der Waals surface area contributed by atoms with Crippen molar-refractivity contribution in [3.63, 3.8) is 0 Å². The largest absolute Gasteiger partial charge is 0.440 e. The Labute approximate surface area is 312 Å². The smallest absolute Gasteiger partial charge is 0.205 e. The molecular weight excluding hydrogens is 661 g/mol. The highest BCUT2D eigenvalue weighted by Gasteiger charge is 2.20. The molecule has 0 fully saturated rings. The van der Waals surface area contributed by atoms with Gasteiger partial charge in [0.1, 0.15) is 5.58 Å². The highest BCUT2D eigenvalue weighted by molar-refractivity contribution is 6.22. The second-order valence-electron chi connectivity index (χ2n) is 13.3. The van der Waals surface area contributed by atoms with E-state index in [1.807, 2.05) is 61.1 Å². The van der Waals surface area contributed by atoms with Crippen LogP contribution in [-0.2, 0) is 0 Å². The molecule has 4 heterocycles. The van der Waals surface area contributed by atoms with Crippen LogP contribution >= 0.6 is 0 Å². The van der Waals surface area contributed by atoms with Crippen molar-refractivity contribution in [2.75, 3.05) is 4.90 Å². The van der Waals surface area contributed by atoms with Gasteiger partial charge < -0.3 is 4.42 Å². The first kappa shape index (κ1) is 31.4. The summed E-state index contributed by atoms with van der Waals surface area (Å²) in [6, 6.07) is 59.2. The molecule has 4 aromatic heterocycles. The van der Waals surface area contributed by atoms with E-state index < -0.39 is 0 Å². The maximum Gasteiger partial charge on any atom is 0.205 e. The second-order valence-corrected chi connectivity index (χ2v) is 13.3. The molecule has 0 aliphatic carbocycles. The number of rotatable bonds is 7. The van der Waals surface area contributed by atoms with Gasteiger partial charge in [0.2, 0.25) is 5.88 Å². The molecule has 0 saturated heterocycles. The molecule has 254 valence electrons. The molecule has 0 saturated carbocycles. The van der Waals surface area contributed by atoms with Gasteiger partial charge in [-0.05, 0) is 116 Å². The Morgan fingerprint density at radius 3 is 1.80 bits per heavy atom. The summed E-state index contributed by atoms with van der Waals surface area (Å²) in [5.74, 6) is 0.764. The average molecular weight is 693 g/mol. The molecule has 0 N–H and O–H groups in total. The molecule has 54 heavy (non-hydrogen) atoms. The Bertz CT molecular complexity index is 2870. The van der Waals surface area contributed by atoms with Gasteiger partial charge in [-0.3, -0.25) is 19.9 Å². The van der Waals surface area contributed by atoms with E-state index in [9.17, 15) is 0 Å². The third kappa shape index (κ3) is 5.56. The number of furan rings is 1. The van der Waals surface area contributed by atoms with Crippen molar-refractivity contribution in [2.24, 2.45) is 0 Å². The fourth-order valence-corrected chi connectivity index (χ4v) is 7.57. The van der Waals surface area contributed by atoms with Gasteiger partial charge in [0.05, 0.1) is 11.4 Å². The molecular formula is C49H32N4O. The zero-order chi connectivity index (χ0) is 35.8. The summed E-state index contributed by atoms with van der Waals surface area (Å²) in [5.41, 5.74) is 11.3. The highest BCUT2D eigenvalue weighted by atomic mass is 16.4. The molecule has 0 bridgehead atoms. The molecule has 0 amide bonds. The van der Waals surface area contributed by atoms with Gasteiger partial charge in [-0.15, -0.1) is 0 Å². The molecule has 0 aliphatic rings. The number of hydrogen-bond donors (Lipinski definition) is 0. The molecule has 5 heteroatoms. The molecule has 0 unspecified atom stereocenters. The Hall–Kier alpha value is -7.37. The van der Waals surface area contributed by atoms with Gasteiger partial charge in [0.15, 0.2) is 0 Å². The normalized spacial score (nSPS) is 11.3. The number of aromatic nitrogens is 3. The van der Waals surface area contributed by atoms with Gasteiger partial charge in [-0.2, -0.15) is 0 Å². The van der Waals surface area contributed by atoms with Crippen LogP contribution in [0.4, 0.5) is 17.3 Å². The summed E-state index contributed by atoms with van der Waals surface area (Å²) in [5, 5.41) is 5.73. The standard InChI is InChI=1S/C49H32N4O/c1-2-11-38(12-3-1)53(47-31-36-10-4-7-16-46(36)54-47)39-21-17-34(18-22-39)48-40-13-5-6-14-41(40)49(37-20-24-45(52-32-37)44-15-8-9-27-51-44)42-23-19-35(30-43(42)48)33-25-28-50-29-26-33/h1-32H. The summed E-state index contributed by atoms with van der Waals surface area (Å²) < 4.78 is 6.42. The van der Waals surface area contributed by atoms with Crippen LogP contribution in [0.15, 0.2) is 199 Å². The number of benzene rings is 6. The van der Waals surface area contributed by atoms with Crippen LogP contribution in [0.5, 0.6) is 0 Å². The number of anilines is 3. The number of fused-ring (bicyclic) bond motifs is 3. The summed E-state index contributed by atoms with van der Waals surface area (Å²) in [7, 11) is 0. The topological polar surface area (TPSA) is 55.1 Å². The fourth-order valence-electron chi connectivity index (χ4n) is 7.57. The van der Waals surface area contributed by atoms with Crippen molar-refractivity contribution >= 4 is 49.8 Å². The Morgan fingerprint density at radius 1 is 0.407 bits per heavy atom. The lowest BCUT2D eigenvalue weighted by Gasteiger charge is -2.23. The van der Waals surface area contributed by atoms with Crippen LogP contribution in [0.3, 0.4) is 0 Å². The first-order valence-electron chi connectivity index (χ1n) is 18.0. The molecule has 0 spiro atoms. The predicted molar refractivity (Wildman–Crippen MR) is 221 cm³/mol. The molecule has 0 aliphatic heterocycles. The zero-order valence-corrected chi connectivity index (χ0v) is 29.2. The van der Waals surface area contributed by atoms with Crippen molar-refractivity contribution in [1.29, 1.82) is 0 Å². The van der Waals surface area contributed by atoms with Crippen LogP contribution in [0.25, 0.3) is 77.3 Å². The maximum atomic E-state index is 6.42. The maximum absolute atomic E-state index is 6.42. The van der Waals surface area contributed by atoms with Crippen molar-refractivity contribution in [3.8, 4) is 44.8 Å². The summed E-state index contributed by atoms with van der Waals surface area (Å²) in [6.45, 7) is 0. The fraction of sp³-hybridized carbons (Fsp3) is 0. The van der Waals surface area contributed by atoms with E-state index in [0.717, 1.165) is 78.2 Å². The Balaban J connectivity index is 1.17. The van der Waals surface area contributed by atoms with Crippen LogP contribution in [0, 0.1) is 0 Å². The SMILES string of the molecule is c1ccc(N(c2ccc(-c3c4ccccc4c(-c4ccc(-c5ccccn5)nc4)c4ccc(-c5ccncc5)cc34)cc2)c2cc3ccccc3o2)cc1. The summed E-state index contributed by atoms with van der Waals surface area (Å²) in [6.07, 6.45) is 7.48. The molecule has 0 atom stereocenters. The number of nitrogens with zero attached hydrogens (tertiary/aromatic N) is 4. The van der Waals surface area contributed by atoms with Crippen molar-refractivity contribution in [1.82, 2.24) is 15.0 Å². The summed E-state index contributed by atoms with van der Waals surface area (Å²) in [4.78, 5) is 15.9. The first-order chi connectivity index (χ1) is 26.8. The van der Waals surface area contributed by atoms with E-state index in [0.29, 0.717) is 0 Å². The summed E-state index contributed by atoms with van der Waals surface area (Å²) >= 11 is 0. The highest BCUT2D eigenvalue weighted by Crippen LogP contribution is 2.46. The van der Waals surface area contributed by atoms with Gasteiger partial charge in [-0.25, -0.2) is 0 Å². The van der Waals surface area contributed by atoms with E-state index in [2.05, 4.69) is 142 Å². The van der Waals surface area contributed by atoms with Crippen LogP contribution in [0.2, 0.25) is 0 Å². The lowest BCUT2D eigenvalue weighted by atomic mass is 9.85. The minimum Gasteiger partial charge on any atom is -0.440 e. The van der Waals surface area contributed by atoms with Crippen LogP contribution < -0.4 is 4.90 Å². The van der Waals surface area contributed by atoms with Crippen molar-refractivity contribution < 1.29 is 4.42 Å². The molecule has 6 aromatic carbocycles. The lowest BCUT2D eigenvalue weighted by molar-refractivity contribution is 0.621. The minimum atomic E-state index is 0.764. The number of para-hydroxylation sites is 2. The monoisotopic (exact) mass is 692 g/mol. The number of pyridine rings is 3. The van der Waals surface area contributed by atoms with E-state index in [1.165, 1.54) is 16.3 Å². The van der Waals surface area contributed by atoms with Crippen LogP contribution in [-0.4, -0.2) is 15.0 Å². The minimum absolute atomic E-state index is 0.764. The van der Waals surface area contributed by atoms with E-state index >= 15 is 0 Å². The van der Waals surface area contributed by atoms with Gasteiger partial charge in [-0.1, -0.05) is 97.1 Å². The molecule has 5 nitrogen and oxygen atoms in total. The second kappa shape index (κ2) is 13.3. The quantitative estimate of drug-likeness (QED) is 0.156. The van der Waals surface area contributed by atoms with Crippen molar-refractivity contribution in [3.05, 3.63) is 195 Å². The number of hydrogen-bond acceptors (Lipinski definition) is 5. The van der Waals surface area contributed by atoms with Gasteiger partial charge >= 0.3 is 0 Å². The Kier molecular flexibility index (Phi) is 7.73. The van der Waals surface area contributed by atoms with E-state index in [-0.39, 0.29) is 0 Å². The third-order valence-electron chi connectivity index (χ3n) is 10.1. The van der Waals surface area contributed by atoms with Crippen molar-refractivity contribution in [2.45, 2.75) is 0 Å². The third-order valence-corrected chi connectivity index (χ3v) is 10.1. The zero-order valence-electron chi connectivity index (χ0n) is 29.2.